The predicted molar refractivity (Wildman–Crippen MR) is 128 cm³/mol. The molecule has 0 bridgehead atoms. The van der Waals surface area contributed by atoms with Crippen molar-refractivity contribution in [1.82, 2.24) is 19.7 Å². The Hall–Kier alpha value is -1.90. The maximum absolute atomic E-state index is 6.34. The molecule has 1 fully saturated rings. The monoisotopic (exact) mass is 421 g/mol. The van der Waals surface area contributed by atoms with Gasteiger partial charge >= 0.3 is 0 Å². The van der Waals surface area contributed by atoms with Crippen LogP contribution in [0.2, 0.25) is 0 Å². The minimum absolute atomic E-state index is 0.323. The SMILES string of the molecule is [B]C1(S)CCC(C)(S)N1CC(=C)Nc1cc2cc(-c3cnn(C)c3)ccc2cn1. The summed E-state index contributed by atoms with van der Waals surface area (Å²) in [4.78, 5) is 6.26. The van der Waals surface area contributed by atoms with Crippen molar-refractivity contribution in [2.24, 2.45) is 7.05 Å². The van der Waals surface area contributed by atoms with E-state index in [-0.39, 0.29) is 4.87 Å². The number of aryl methyl sites for hydroxylation is 1. The molecule has 29 heavy (non-hydrogen) atoms. The molecule has 4 rings (SSSR count). The van der Waals surface area contributed by atoms with E-state index >= 15 is 0 Å². The quantitative estimate of drug-likeness (QED) is 0.430. The molecule has 0 aliphatic carbocycles. The van der Waals surface area contributed by atoms with Crippen molar-refractivity contribution < 1.29 is 0 Å². The van der Waals surface area contributed by atoms with E-state index < -0.39 is 4.77 Å². The van der Waals surface area contributed by atoms with Crippen molar-refractivity contribution in [2.45, 2.75) is 29.4 Å². The summed E-state index contributed by atoms with van der Waals surface area (Å²) in [5, 5.41) is 9.74. The van der Waals surface area contributed by atoms with Crippen LogP contribution in [0.4, 0.5) is 5.82 Å². The van der Waals surface area contributed by atoms with Gasteiger partial charge in [-0.3, -0.25) is 9.58 Å². The van der Waals surface area contributed by atoms with Gasteiger partial charge in [0.25, 0.3) is 0 Å². The predicted octanol–water partition coefficient (Wildman–Crippen LogP) is 4.05. The summed E-state index contributed by atoms with van der Waals surface area (Å²) < 4.78 is 1.10. The van der Waals surface area contributed by atoms with Crippen molar-refractivity contribution in [2.75, 3.05) is 11.9 Å². The first-order chi connectivity index (χ1) is 13.6. The molecule has 1 saturated heterocycles. The normalized spacial score (nSPS) is 24.8. The smallest absolute Gasteiger partial charge is 0.130 e. The van der Waals surface area contributed by atoms with Crippen molar-refractivity contribution in [1.29, 1.82) is 0 Å². The number of thiol groups is 2. The third-order valence-corrected chi connectivity index (χ3v) is 6.36. The number of nitrogens with one attached hydrogen (secondary N) is 1. The van der Waals surface area contributed by atoms with Gasteiger partial charge < -0.3 is 5.32 Å². The molecule has 2 aromatic heterocycles. The Kier molecular flexibility index (Phi) is 5.21. The zero-order chi connectivity index (χ0) is 20.8. The molecule has 2 radical (unpaired) electrons. The van der Waals surface area contributed by atoms with Crippen LogP contribution in [0.5, 0.6) is 0 Å². The summed E-state index contributed by atoms with van der Waals surface area (Å²) in [6.45, 7) is 6.76. The highest BCUT2D eigenvalue weighted by Crippen LogP contribution is 2.43. The molecule has 148 valence electrons. The highest BCUT2D eigenvalue weighted by Gasteiger charge is 2.45. The van der Waals surface area contributed by atoms with Crippen LogP contribution in [0, 0.1) is 0 Å². The Morgan fingerprint density at radius 3 is 2.66 bits per heavy atom. The Morgan fingerprint density at radius 1 is 1.21 bits per heavy atom. The van der Waals surface area contributed by atoms with Crippen LogP contribution in [0.25, 0.3) is 21.9 Å². The van der Waals surface area contributed by atoms with Gasteiger partial charge in [-0.05, 0) is 42.8 Å². The third kappa shape index (κ3) is 4.20. The molecule has 3 heterocycles. The van der Waals surface area contributed by atoms with Gasteiger partial charge in [0.1, 0.15) is 13.7 Å². The van der Waals surface area contributed by atoms with Crippen LogP contribution in [0.1, 0.15) is 19.8 Å². The lowest BCUT2D eigenvalue weighted by atomic mass is 9.92. The lowest BCUT2D eigenvalue weighted by Gasteiger charge is -2.39. The van der Waals surface area contributed by atoms with Crippen LogP contribution in [0.15, 0.2) is 55.1 Å². The first-order valence-corrected chi connectivity index (χ1v) is 10.4. The number of hydrogen-bond donors (Lipinski definition) is 3. The number of nitrogens with zero attached hydrogens (tertiary/aromatic N) is 4. The number of likely N-dealkylation sites (tertiary alicyclic amines) is 1. The highest BCUT2D eigenvalue weighted by molar-refractivity contribution is 7.83. The number of benzene rings is 1. The Bertz CT molecular complexity index is 1060. The second-order valence-corrected chi connectivity index (χ2v) is 9.68. The van der Waals surface area contributed by atoms with Crippen molar-refractivity contribution in [3.8, 4) is 11.1 Å². The van der Waals surface area contributed by atoms with E-state index in [2.05, 4.69) is 64.6 Å². The molecule has 5 nitrogen and oxygen atoms in total. The molecule has 1 aromatic carbocycles. The number of fused-ring (bicyclic) bond motifs is 1. The highest BCUT2D eigenvalue weighted by atomic mass is 32.1. The van der Waals surface area contributed by atoms with Gasteiger partial charge in [0, 0.05) is 47.4 Å². The lowest BCUT2D eigenvalue weighted by Crippen LogP contribution is -2.49. The first kappa shape index (κ1) is 20.4. The fraction of sp³-hybridized carbons (Fsp3) is 0.333. The van der Waals surface area contributed by atoms with Gasteiger partial charge in [0.2, 0.25) is 0 Å². The van der Waals surface area contributed by atoms with Crippen LogP contribution in [-0.2, 0) is 7.05 Å². The Labute approximate surface area is 183 Å². The fourth-order valence-corrected chi connectivity index (χ4v) is 4.63. The molecule has 2 atom stereocenters. The summed E-state index contributed by atoms with van der Waals surface area (Å²) >= 11 is 9.38. The van der Waals surface area contributed by atoms with Crippen LogP contribution < -0.4 is 5.32 Å². The standard InChI is InChI=1S/C21H24BN5S2/c1-14(12-27-20(2,28)6-7-21(27,22)29)25-19-9-17-8-15(4-5-16(17)10-23-19)18-11-24-26(3)13-18/h4-5,8-11,13,28-29H,1,6-7,12H2,2-3H3,(H,23,25). The first-order valence-electron chi connectivity index (χ1n) is 9.49. The van der Waals surface area contributed by atoms with E-state index in [0.29, 0.717) is 6.54 Å². The number of rotatable bonds is 5. The zero-order valence-corrected chi connectivity index (χ0v) is 18.4. The molecule has 1 aliphatic heterocycles. The molecule has 1 N–H and O–H groups in total. The minimum atomic E-state index is -0.698. The summed E-state index contributed by atoms with van der Waals surface area (Å²) in [7, 11) is 8.25. The molecule has 2 unspecified atom stereocenters. The van der Waals surface area contributed by atoms with E-state index in [9.17, 15) is 0 Å². The summed E-state index contributed by atoms with van der Waals surface area (Å²) in [5.41, 5.74) is 3.00. The summed E-state index contributed by atoms with van der Waals surface area (Å²) in [6.07, 6.45) is 7.38. The van der Waals surface area contributed by atoms with Gasteiger partial charge in [0.05, 0.1) is 11.1 Å². The van der Waals surface area contributed by atoms with E-state index in [1.165, 1.54) is 0 Å². The van der Waals surface area contributed by atoms with E-state index in [0.717, 1.165) is 46.3 Å². The maximum atomic E-state index is 6.34. The van der Waals surface area contributed by atoms with Crippen molar-refractivity contribution >= 4 is 49.7 Å². The van der Waals surface area contributed by atoms with Crippen molar-refractivity contribution in [3.63, 3.8) is 0 Å². The number of anilines is 1. The van der Waals surface area contributed by atoms with Crippen LogP contribution >= 0.6 is 25.3 Å². The minimum Gasteiger partial charge on any atom is -0.343 e. The van der Waals surface area contributed by atoms with E-state index in [1.807, 2.05) is 31.7 Å². The Balaban J connectivity index is 1.54. The number of pyridine rings is 1. The molecular formula is C21H24BN5S2. The summed E-state index contributed by atoms with van der Waals surface area (Å²) in [5.74, 6) is 0.743. The van der Waals surface area contributed by atoms with E-state index in [4.69, 9.17) is 20.5 Å². The molecule has 0 amide bonds. The number of hydrogen-bond acceptors (Lipinski definition) is 6. The second-order valence-electron chi connectivity index (χ2n) is 7.94. The van der Waals surface area contributed by atoms with Gasteiger partial charge in [-0.1, -0.05) is 18.7 Å². The third-order valence-electron chi connectivity index (χ3n) is 5.43. The molecule has 8 heteroatoms. The average molecular weight is 421 g/mol. The molecular weight excluding hydrogens is 397 g/mol. The zero-order valence-electron chi connectivity index (χ0n) is 16.6. The average Bonchev–Trinajstić information content (AvgIpc) is 3.18. The maximum Gasteiger partial charge on any atom is 0.130 e. The van der Waals surface area contributed by atoms with Gasteiger partial charge in [0.15, 0.2) is 0 Å². The van der Waals surface area contributed by atoms with Crippen molar-refractivity contribution in [3.05, 3.63) is 55.1 Å². The van der Waals surface area contributed by atoms with Gasteiger partial charge in [-0.2, -0.15) is 30.4 Å². The second kappa shape index (κ2) is 7.41. The largest absolute Gasteiger partial charge is 0.343 e. The van der Waals surface area contributed by atoms with Gasteiger partial charge in [-0.25, -0.2) is 4.98 Å². The molecule has 3 aromatic rings. The molecule has 0 spiro atoms. The topological polar surface area (TPSA) is 46.0 Å². The molecule has 0 saturated carbocycles. The number of aromatic nitrogens is 3. The fourth-order valence-electron chi connectivity index (χ4n) is 3.79. The Morgan fingerprint density at radius 2 is 2.00 bits per heavy atom. The van der Waals surface area contributed by atoms with Crippen LogP contribution in [0.3, 0.4) is 0 Å². The van der Waals surface area contributed by atoms with Gasteiger partial charge in [-0.15, -0.1) is 0 Å². The van der Waals surface area contributed by atoms with Crippen LogP contribution in [-0.4, -0.2) is 43.7 Å². The molecule has 1 aliphatic rings. The summed E-state index contributed by atoms with van der Waals surface area (Å²) in [6, 6.07) is 8.33. The lowest BCUT2D eigenvalue weighted by molar-refractivity contribution is 0.228. The van der Waals surface area contributed by atoms with E-state index in [1.54, 1.807) is 4.68 Å².